The molecule has 0 bridgehead atoms. The highest BCUT2D eigenvalue weighted by atomic mass is 16.5. The Morgan fingerprint density at radius 2 is 2.04 bits per heavy atom. The van der Waals surface area contributed by atoms with Crippen molar-refractivity contribution < 1.29 is 9.53 Å². The van der Waals surface area contributed by atoms with Crippen molar-refractivity contribution in [3.8, 4) is 5.75 Å². The number of hydrogen-bond acceptors (Lipinski definition) is 5. The van der Waals surface area contributed by atoms with Gasteiger partial charge in [0.25, 0.3) is 5.56 Å². The third kappa shape index (κ3) is 2.98. The number of carbonyl (C=O) groups excluding carboxylic acids is 1. The quantitative estimate of drug-likeness (QED) is 0.706. The zero-order chi connectivity index (χ0) is 19.8. The molecule has 1 N–H and O–H groups in total. The number of imidazole rings is 1. The summed E-state index contributed by atoms with van der Waals surface area (Å²) in [4.78, 5) is 41.1. The lowest BCUT2D eigenvalue weighted by molar-refractivity contribution is -0.122. The van der Waals surface area contributed by atoms with Gasteiger partial charge < -0.3 is 14.6 Å². The monoisotopic (exact) mass is 383 g/mol. The van der Waals surface area contributed by atoms with Crippen LogP contribution in [0, 0.1) is 0 Å². The van der Waals surface area contributed by atoms with Crippen LogP contribution < -0.4 is 21.3 Å². The Labute approximate surface area is 160 Å². The average Bonchev–Trinajstić information content (AvgIpc) is 3.13. The van der Waals surface area contributed by atoms with Crippen LogP contribution in [-0.2, 0) is 25.4 Å². The fourth-order valence-corrected chi connectivity index (χ4v) is 3.55. The van der Waals surface area contributed by atoms with Crippen molar-refractivity contribution in [3.05, 3.63) is 57.0 Å². The first-order valence-electron chi connectivity index (χ1n) is 9.09. The summed E-state index contributed by atoms with van der Waals surface area (Å²) in [6.45, 7) is 0.846. The first kappa shape index (κ1) is 18.0. The Kier molecular flexibility index (Phi) is 4.50. The Balaban J connectivity index is 1.51. The predicted molar refractivity (Wildman–Crippen MR) is 102 cm³/mol. The first-order chi connectivity index (χ1) is 13.5. The third-order valence-corrected chi connectivity index (χ3v) is 5.09. The smallest absolute Gasteiger partial charge is 0.332 e. The molecule has 1 aromatic carbocycles. The van der Waals surface area contributed by atoms with Gasteiger partial charge in [0.1, 0.15) is 5.75 Å². The fourth-order valence-electron chi connectivity index (χ4n) is 3.55. The SMILES string of the molecule is Cn1c(=O)c2c(ncn2CCC(=O)N[C@@H]2CCOc3ccccc32)n(C)c1=O. The molecule has 1 amide bonds. The van der Waals surface area contributed by atoms with Crippen LogP contribution in [0.25, 0.3) is 11.2 Å². The zero-order valence-electron chi connectivity index (χ0n) is 15.7. The molecule has 0 radical (unpaired) electrons. The minimum absolute atomic E-state index is 0.0920. The summed E-state index contributed by atoms with van der Waals surface area (Å²) in [5.74, 6) is 0.675. The molecule has 2 aromatic heterocycles. The summed E-state index contributed by atoms with van der Waals surface area (Å²) in [7, 11) is 2.99. The molecule has 1 aliphatic rings. The van der Waals surface area contributed by atoms with Gasteiger partial charge in [-0.2, -0.15) is 0 Å². The topological polar surface area (TPSA) is 100 Å². The van der Waals surface area contributed by atoms with E-state index in [-0.39, 0.29) is 18.4 Å². The van der Waals surface area contributed by atoms with Crippen LogP contribution >= 0.6 is 0 Å². The molecule has 1 atom stereocenters. The van der Waals surface area contributed by atoms with E-state index in [1.165, 1.54) is 17.9 Å². The molecule has 146 valence electrons. The van der Waals surface area contributed by atoms with Crippen molar-refractivity contribution in [2.24, 2.45) is 14.1 Å². The van der Waals surface area contributed by atoms with E-state index in [1.807, 2.05) is 24.3 Å². The second-order valence-corrected chi connectivity index (χ2v) is 6.86. The van der Waals surface area contributed by atoms with Crippen molar-refractivity contribution in [2.75, 3.05) is 6.61 Å². The minimum atomic E-state index is -0.432. The van der Waals surface area contributed by atoms with Gasteiger partial charge >= 0.3 is 5.69 Å². The van der Waals surface area contributed by atoms with E-state index in [0.717, 1.165) is 15.9 Å². The molecule has 0 aliphatic carbocycles. The van der Waals surface area contributed by atoms with E-state index in [4.69, 9.17) is 4.74 Å². The maximum absolute atomic E-state index is 12.5. The molecule has 4 rings (SSSR count). The summed E-state index contributed by atoms with van der Waals surface area (Å²) < 4.78 is 9.61. The maximum atomic E-state index is 12.5. The van der Waals surface area contributed by atoms with E-state index in [0.29, 0.717) is 30.7 Å². The van der Waals surface area contributed by atoms with E-state index < -0.39 is 11.2 Å². The standard InChI is InChI=1S/C19H21N5O4/c1-22-17-16(18(26)23(2)19(22)27)24(11-20-17)9-7-15(25)21-13-8-10-28-14-6-4-3-5-12(13)14/h3-6,11,13H,7-10H2,1-2H3,(H,21,25)/t13-/m1/s1. The number of nitrogens with zero attached hydrogens (tertiary/aromatic N) is 4. The number of hydrogen-bond donors (Lipinski definition) is 1. The molecular weight excluding hydrogens is 362 g/mol. The van der Waals surface area contributed by atoms with Crippen LogP contribution in [0.5, 0.6) is 5.75 Å². The molecule has 3 heterocycles. The number of rotatable bonds is 4. The Hall–Kier alpha value is -3.36. The molecule has 9 heteroatoms. The number of para-hydroxylation sites is 1. The van der Waals surface area contributed by atoms with E-state index >= 15 is 0 Å². The summed E-state index contributed by atoms with van der Waals surface area (Å²) in [6.07, 6.45) is 2.39. The van der Waals surface area contributed by atoms with Crippen molar-refractivity contribution in [1.82, 2.24) is 24.0 Å². The van der Waals surface area contributed by atoms with Gasteiger partial charge in [-0.15, -0.1) is 0 Å². The number of benzene rings is 1. The van der Waals surface area contributed by atoms with Gasteiger partial charge in [0.05, 0.1) is 19.0 Å². The number of amides is 1. The van der Waals surface area contributed by atoms with Crippen LogP contribution in [0.2, 0.25) is 0 Å². The minimum Gasteiger partial charge on any atom is -0.493 e. The predicted octanol–water partition coefficient (Wildman–Crippen LogP) is 0.464. The molecule has 28 heavy (non-hydrogen) atoms. The number of carbonyl (C=O) groups is 1. The number of aryl methyl sites for hydroxylation is 2. The first-order valence-corrected chi connectivity index (χ1v) is 9.09. The van der Waals surface area contributed by atoms with E-state index in [1.54, 1.807) is 11.6 Å². The zero-order valence-corrected chi connectivity index (χ0v) is 15.7. The molecule has 1 aliphatic heterocycles. The number of ether oxygens (including phenoxy) is 1. The molecular formula is C19H21N5O4. The second kappa shape index (κ2) is 6.99. The van der Waals surface area contributed by atoms with Gasteiger partial charge in [-0.05, 0) is 6.07 Å². The molecule has 0 saturated carbocycles. The van der Waals surface area contributed by atoms with E-state index in [2.05, 4.69) is 10.3 Å². The summed E-state index contributed by atoms with van der Waals surface area (Å²) >= 11 is 0. The van der Waals surface area contributed by atoms with Gasteiger partial charge in [-0.1, -0.05) is 18.2 Å². The average molecular weight is 383 g/mol. The lowest BCUT2D eigenvalue weighted by atomic mass is 10.0. The second-order valence-electron chi connectivity index (χ2n) is 6.86. The molecule has 0 unspecified atom stereocenters. The van der Waals surface area contributed by atoms with Crippen LogP contribution in [-0.4, -0.2) is 31.2 Å². The van der Waals surface area contributed by atoms with Gasteiger partial charge in [0, 0.05) is 39.0 Å². The van der Waals surface area contributed by atoms with Crippen LogP contribution in [0.15, 0.2) is 40.2 Å². The third-order valence-electron chi connectivity index (χ3n) is 5.09. The van der Waals surface area contributed by atoms with Crippen molar-refractivity contribution in [1.29, 1.82) is 0 Å². The molecule has 3 aromatic rings. The van der Waals surface area contributed by atoms with Crippen LogP contribution in [0.1, 0.15) is 24.4 Å². The Bertz CT molecular complexity index is 1170. The molecule has 9 nitrogen and oxygen atoms in total. The summed E-state index contributed by atoms with van der Waals surface area (Å²) in [5.41, 5.74) is 0.743. The highest BCUT2D eigenvalue weighted by Crippen LogP contribution is 2.31. The Morgan fingerprint density at radius 3 is 2.86 bits per heavy atom. The largest absolute Gasteiger partial charge is 0.493 e. The Morgan fingerprint density at radius 1 is 1.25 bits per heavy atom. The highest BCUT2D eigenvalue weighted by Gasteiger charge is 2.22. The number of nitrogens with one attached hydrogen (secondary N) is 1. The fraction of sp³-hybridized carbons (Fsp3) is 0.368. The normalized spacial score (nSPS) is 15.9. The van der Waals surface area contributed by atoms with Gasteiger partial charge in [0.2, 0.25) is 5.91 Å². The van der Waals surface area contributed by atoms with Gasteiger partial charge in [-0.3, -0.25) is 18.7 Å². The highest BCUT2D eigenvalue weighted by molar-refractivity contribution is 5.77. The van der Waals surface area contributed by atoms with Crippen LogP contribution in [0.4, 0.5) is 0 Å². The lowest BCUT2D eigenvalue weighted by Gasteiger charge is -2.26. The number of aromatic nitrogens is 4. The lowest BCUT2D eigenvalue weighted by Crippen LogP contribution is -2.37. The van der Waals surface area contributed by atoms with Crippen molar-refractivity contribution >= 4 is 17.1 Å². The maximum Gasteiger partial charge on any atom is 0.332 e. The molecule has 0 fully saturated rings. The van der Waals surface area contributed by atoms with Gasteiger partial charge in [0.15, 0.2) is 11.2 Å². The van der Waals surface area contributed by atoms with Crippen molar-refractivity contribution in [2.45, 2.75) is 25.4 Å². The van der Waals surface area contributed by atoms with Gasteiger partial charge in [-0.25, -0.2) is 9.78 Å². The van der Waals surface area contributed by atoms with Crippen LogP contribution in [0.3, 0.4) is 0 Å². The summed E-state index contributed by atoms with van der Waals surface area (Å²) in [6, 6.07) is 7.58. The summed E-state index contributed by atoms with van der Waals surface area (Å²) in [5, 5.41) is 3.04. The molecule has 0 saturated heterocycles. The molecule has 0 spiro atoms. The van der Waals surface area contributed by atoms with E-state index in [9.17, 15) is 14.4 Å². The van der Waals surface area contributed by atoms with Crippen molar-refractivity contribution in [3.63, 3.8) is 0 Å². The number of fused-ring (bicyclic) bond motifs is 2.